The molecule has 1 aliphatic rings. The summed E-state index contributed by atoms with van der Waals surface area (Å²) >= 11 is 0. The highest BCUT2D eigenvalue weighted by Gasteiger charge is 2.21. The van der Waals surface area contributed by atoms with E-state index in [0.29, 0.717) is 26.3 Å². The molecule has 1 aliphatic heterocycles. The number of aryl methyl sites for hydroxylation is 2. The van der Waals surface area contributed by atoms with Gasteiger partial charge in [0.1, 0.15) is 36.9 Å². The average molecular weight is 415 g/mol. The van der Waals surface area contributed by atoms with Crippen LogP contribution in [0.1, 0.15) is 11.1 Å². The number of ether oxygens (including phenoxy) is 2. The zero-order valence-electron chi connectivity index (χ0n) is 18.0. The highest BCUT2D eigenvalue weighted by atomic mass is 16.5. The van der Waals surface area contributed by atoms with Crippen molar-refractivity contribution in [2.45, 2.75) is 26.1 Å². The number of nitrogens with zero attached hydrogens (tertiary/aromatic N) is 2. The Bertz CT molecular complexity index is 712. The molecule has 0 amide bonds. The standard InChI is InChI=1S/C24H34N2O4/c1-19-7-3-5-9-23(19)29-17-21(27)15-25-11-13-26(14-12-25)16-22(28)18-30-24-10-6-4-8-20(24)2/h3-10,21-22,27-28H,11-18H2,1-2H3/t21-,22-/m0/s1. The fraction of sp³-hybridized carbons (Fsp3) is 0.500. The van der Waals surface area contributed by atoms with Crippen molar-refractivity contribution in [3.05, 3.63) is 59.7 Å². The third-order valence-corrected chi connectivity index (χ3v) is 5.45. The second kappa shape index (κ2) is 11.3. The Balaban J connectivity index is 1.32. The third-order valence-electron chi connectivity index (χ3n) is 5.45. The molecule has 1 saturated heterocycles. The van der Waals surface area contributed by atoms with Gasteiger partial charge >= 0.3 is 0 Å². The van der Waals surface area contributed by atoms with E-state index in [0.717, 1.165) is 48.8 Å². The Morgan fingerprint density at radius 3 is 1.43 bits per heavy atom. The molecule has 2 atom stereocenters. The molecule has 0 aliphatic carbocycles. The van der Waals surface area contributed by atoms with Gasteiger partial charge in [0.25, 0.3) is 0 Å². The SMILES string of the molecule is Cc1ccccc1OC[C@@H](O)CN1CCN(C[C@H](O)COc2ccccc2C)CC1. The van der Waals surface area contributed by atoms with Crippen LogP contribution in [0.15, 0.2) is 48.5 Å². The highest BCUT2D eigenvalue weighted by molar-refractivity contribution is 5.32. The van der Waals surface area contributed by atoms with Crippen molar-refractivity contribution in [2.75, 3.05) is 52.5 Å². The summed E-state index contributed by atoms with van der Waals surface area (Å²) in [6.07, 6.45) is -1.05. The van der Waals surface area contributed by atoms with Gasteiger partial charge in [0, 0.05) is 39.3 Å². The van der Waals surface area contributed by atoms with Crippen LogP contribution in [0.5, 0.6) is 11.5 Å². The van der Waals surface area contributed by atoms with Crippen molar-refractivity contribution < 1.29 is 19.7 Å². The molecule has 6 nitrogen and oxygen atoms in total. The zero-order chi connectivity index (χ0) is 21.3. The summed E-state index contributed by atoms with van der Waals surface area (Å²) in [5, 5.41) is 20.7. The predicted octanol–water partition coefficient (Wildman–Crippen LogP) is 2.10. The Kier molecular flexibility index (Phi) is 8.51. The lowest BCUT2D eigenvalue weighted by Crippen LogP contribution is -2.51. The molecule has 6 heteroatoms. The number of aliphatic hydroxyl groups excluding tert-OH is 2. The normalized spacial score (nSPS) is 17.5. The van der Waals surface area contributed by atoms with Crippen LogP contribution in [0, 0.1) is 13.8 Å². The van der Waals surface area contributed by atoms with E-state index in [4.69, 9.17) is 9.47 Å². The van der Waals surface area contributed by atoms with E-state index in [9.17, 15) is 10.2 Å². The van der Waals surface area contributed by atoms with E-state index in [2.05, 4.69) is 9.80 Å². The van der Waals surface area contributed by atoms with Gasteiger partial charge in [0.05, 0.1) is 0 Å². The molecule has 0 bridgehead atoms. The fourth-order valence-corrected chi connectivity index (χ4v) is 3.66. The molecule has 2 aromatic rings. The second-order valence-corrected chi connectivity index (χ2v) is 8.06. The maximum atomic E-state index is 10.3. The van der Waals surface area contributed by atoms with Crippen LogP contribution in [0.4, 0.5) is 0 Å². The molecule has 0 aromatic heterocycles. The van der Waals surface area contributed by atoms with E-state index in [1.807, 2.05) is 62.4 Å². The summed E-state index contributed by atoms with van der Waals surface area (Å²) in [5.41, 5.74) is 2.14. The molecule has 0 spiro atoms. The van der Waals surface area contributed by atoms with Crippen LogP contribution in [-0.4, -0.2) is 84.7 Å². The Hall–Kier alpha value is -2.12. The monoisotopic (exact) mass is 414 g/mol. The first kappa shape index (κ1) is 22.6. The van der Waals surface area contributed by atoms with E-state index in [-0.39, 0.29) is 0 Å². The molecule has 0 radical (unpaired) electrons. The number of rotatable bonds is 10. The summed E-state index contributed by atoms with van der Waals surface area (Å²) in [4.78, 5) is 4.50. The topological polar surface area (TPSA) is 65.4 Å². The number of hydrogen-bond donors (Lipinski definition) is 2. The van der Waals surface area contributed by atoms with Crippen molar-refractivity contribution in [1.29, 1.82) is 0 Å². The molecular weight excluding hydrogens is 380 g/mol. The van der Waals surface area contributed by atoms with Gasteiger partial charge in [0.2, 0.25) is 0 Å². The van der Waals surface area contributed by atoms with Crippen molar-refractivity contribution in [3.63, 3.8) is 0 Å². The van der Waals surface area contributed by atoms with Crippen LogP contribution in [-0.2, 0) is 0 Å². The Morgan fingerprint density at radius 2 is 1.07 bits per heavy atom. The highest BCUT2D eigenvalue weighted by Crippen LogP contribution is 2.17. The number of aliphatic hydroxyl groups is 2. The maximum absolute atomic E-state index is 10.3. The molecule has 1 fully saturated rings. The molecule has 3 rings (SSSR count). The minimum absolute atomic E-state index is 0.292. The van der Waals surface area contributed by atoms with Crippen LogP contribution < -0.4 is 9.47 Å². The molecule has 2 N–H and O–H groups in total. The number of β-amino-alcohol motifs (C(OH)–C–C–N with tert-alkyl or cyclic N) is 2. The van der Waals surface area contributed by atoms with Crippen LogP contribution >= 0.6 is 0 Å². The summed E-state index contributed by atoms with van der Waals surface area (Å²) in [6, 6.07) is 15.7. The quantitative estimate of drug-likeness (QED) is 0.621. The number of hydrogen-bond acceptors (Lipinski definition) is 6. The van der Waals surface area contributed by atoms with Gasteiger partial charge in [-0.05, 0) is 37.1 Å². The lowest BCUT2D eigenvalue weighted by Gasteiger charge is -2.36. The minimum Gasteiger partial charge on any atom is -0.491 e. The van der Waals surface area contributed by atoms with E-state index in [1.165, 1.54) is 0 Å². The molecule has 2 aromatic carbocycles. The van der Waals surface area contributed by atoms with Crippen LogP contribution in [0.2, 0.25) is 0 Å². The van der Waals surface area contributed by atoms with Gasteiger partial charge < -0.3 is 19.7 Å². The van der Waals surface area contributed by atoms with Crippen LogP contribution in [0.3, 0.4) is 0 Å². The van der Waals surface area contributed by atoms with Crippen molar-refractivity contribution in [3.8, 4) is 11.5 Å². The van der Waals surface area contributed by atoms with Gasteiger partial charge in [-0.25, -0.2) is 0 Å². The molecule has 1 heterocycles. The molecule has 0 saturated carbocycles. The largest absolute Gasteiger partial charge is 0.491 e. The lowest BCUT2D eigenvalue weighted by molar-refractivity contribution is 0.0239. The van der Waals surface area contributed by atoms with E-state index in [1.54, 1.807) is 0 Å². The third kappa shape index (κ3) is 6.99. The number of piperazine rings is 1. The summed E-state index contributed by atoms with van der Waals surface area (Å²) in [6.45, 7) is 9.25. The van der Waals surface area contributed by atoms with Crippen LogP contribution in [0.25, 0.3) is 0 Å². The first-order valence-corrected chi connectivity index (χ1v) is 10.7. The molecular formula is C24H34N2O4. The Labute approximate surface area is 179 Å². The van der Waals surface area contributed by atoms with Crippen molar-refractivity contribution in [1.82, 2.24) is 9.80 Å². The summed E-state index contributed by atoms with van der Waals surface area (Å²) in [5.74, 6) is 1.64. The van der Waals surface area contributed by atoms with Gasteiger partial charge in [-0.15, -0.1) is 0 Å². The van der Waals surface area contributed by atoms with Gasteiger partial charge in [-0.1, -0.05) is 36.4 Å². The lowest BCUT2D eigenvalue weighted by atomic mass is 10.2. The van der Waals surface area contributed by atoms with Gasteiger partial charge in [0.15, 0.2) is 0 Å². The van der Waals surface area contributed by atoms with Crippen molar-refractivity contribution >= 4 is 0 Å². The first-order valence-electron chi connectivity index (χ1n) is 10.7. The minimum atomic E-state index is -0.524. The average Bonchev–Trinajstić information content (AvgIpc) is 2.74. The fourth-order valence-electron chi connectivity index (χ4n) is 3.66. The van der Waals surface area contributed by atoms with Gasteiger partial charge in [-0.3, -0.25) is 9.80 Å². The van der Waals surface area contributed by atoms with Gasteiger partial charge in [-0.2, -0.15) is 0 Å². The molecule has 0 unspecified atom stereocenters. The van der Waals surface area contributed by atoms with E-state index >= 15 is 0 Å². The summed E-state index contributed by atoms with van der Waals surface area (Å²) in [7, 11) is 0. The number of benzene rings is 2. The number of para-hydroxylation sites is 2. The smallest absolute Gasteiger partial charge is 0.122 e. The molecule has 30 heavy (non-hydrogen) atoms. The first-order chi connectivity index (χ1) is 14.5. The summed E-state index contributed by atoms with van der Waals surface area (Å²) < 4.78 is 11.5. The maximum Gasteiger partial charge on any atom is 0.122 e. The van der Waals surface area contributed by atoms with E-state index < -0.39 is 12.2 Å². The molecule has 164 valence electrons. The second-order valence-electron chi connectivity index (χ2n) is 8.06. The van der Waals surface area contributed by atoms with Crippen molar-refractivity contribution in [2.24, 2.45) is 0 Å². The predicted molar refractivity (Wildman–Crippen MR) is 118 cm³/mol. The zero-order valence-corrected chi connectivity index (χ0v) is 18.0. The Morgan fingerprint density at radius 1 is 0.700 bits per heavy atom.